The van der Waals surface area contributed by atoms with E-state index in [1.54, 1.807) is 0 Å². The highest BCUT2D eigenvalue weighted by atomic mass is 16.2. The maximum absolute atomic E-state index is 12.4. The van der Waals surface area contributed by atoms with Crippen LogP contribution in [-0.2, 0) is 0 Å². The number of nitrogens with two attached hydrogens (primary N) is 1. The molecule has 1 aliphatic heterocycles. The Bertz CT molecular complexity index is 459. The molecule has 3 N–H and O–H groups in total. The second kappa shape index (κ2) is 6.75. The molecule has 0 radical (unpaired) electrons. The summed E-state index contributed by atoms with van der Waals surface area (Å²) >= 11 is 0. The molecule has 110 valence electrons. The van der Waals surface area contributed by atoms with Crippen molar-refractivity contribution in [1.82, 2.24) is 4.90 Å². The third kappa shape index (κ3) is 3.73. The number of anilines is 1. The molecule has 0 bridgehead atoms. The number of rotatable bonds is 2. The number of likely N-dealkylation sites (tertiary alicyclic amines) is 1. The number of urea groups is 1. The van der Waals surface area contributed by atoms with Crippen molar-refractivity contribution in [3.05, 3.63) is 29.8 Å². The van der Waals surface area contributed by atoms with Crippen molar-refractivity contribution in [2.75, 3.05) is 11.9 Å². The van der Waals surface area contributed by atoms with Crippen LogP contribution in [0.15, 0.2) is 24.3 Å². The molecule has 0 saturated carbocycles. The van der Waals surface area contributed by atoms with Gasteiger partial charge < -0.3 is 16.0 Å². The molecule has 1 aromatic carbocycles. The normalized spacial score (nSPS) is 21.1. The average molecular weight is 275 g/mol. The third-order valence-corrected chi connectivity index (χ3v) is 3.98. The Morgan fingerprint density at radius 3 is 2.95 bits per heavy atom. The summed E-state index contributed by atoms with van der Waals surface area (Å²) in [5.41, 5.74) is 7.73. The molecule has 0 aliphatic carbocycles. The quantitative estimate of drug-likeness (QED) is 0.867. The van der Waals surface area contributed by atoms with E-state index in [0.717, 1.165) is 30.6 Å². The van der Waals surface area contributed by atoms with Crippen LogP contribution in [0, 0.1) is 0 Å². The number of nitrogens with zero attached hydrogens (tertiary/aromatic N) is 1. The van der Waals surface area contributed by atoms with Crippen molar-refractivity contribution in [3.63, 3.8) is 0 Å². The maximum Gasteiger partial charge on any atom is 0.322 e. The number of carbonyl (C=O) groups is 1. The van der Waals surface area contributed by atoms with Crippen molar-refractivity contribution in [2.24, 2.45) is 5.73 Å². The van der Waals surface area contributed by atoms with Gasteiger partial charge in [0.1, 0.15) is 0 Å². The molecule has 2 atom stereocenters. The van der Waals surface area contributed by atoms with Crippen LogP contribution in [0.1, 0.15) is 51.1 Å². The van der Waals surface area contributed by atoms with E-state index in [4.69, 9.17) is 5.73 Å². The van der Waals surface area contributed by atoms with Crippen LogP contribution in [-0.4, -0.2) is 23.5 Å². The topological polar surface area (TPSA) is 58.4 Å². The summed E-state index contributed by atoms with van der Waals surface area (Å²) in [7, 11) is 0. The van der Waals surface area contributed by atoms with Gasteiger partial charge in [-0.1, -0.05) is 25.0 Å². The van der Waals surface area contributed by atoms with Crippen LogP contribution in [0.5, 0.6) is 0 Å². The predicted molar refractivity (Wildman–Crippen MR) is 82.7 cm³/mol. The standard InChI is InChI=1S/C16H25N3O/c1-12-7-4-3-5-10-19(12)16(20)18-15-9-6-8-14(11-15)13(2)17/h6,8-9,11-13H,3-5,7,10,17H2,1-2H3,(H,18,20). The van der Waals surface area contributed by atoms with E-state index in [2.05, 4.69) is 12.2 Å². The van der Waals surface area contributed by atoms with Gasteiger partial charge in [0.25, 0.3) is 0 Å². The van der Waals surface area contributed by atoms with Crippen molar-refractivity contribution < 1.29 is 4.79 Å². The molecular formula is C16H25N3O. The SMILES string of the molecule is CC(N)c1cccc(NC(=O)N2CCCCCC2C)c1. The number of carbonyl (C=O) groups excluding carboxylic acids is 1. The average Bonchev–Trinajstić information content (AvgIpc) is 2.63. The van der Waals surface area contributed by atoms with E-state index in [1.807, 2.05) is 36.1 Å². The number of benzene rings is 1. The summed E-state index contributed by atoms with van der Waals surface area (Å²) in [6.07, 6.45) is 4.62. The lowest BCUT2D eigenvalue weighted by molar-refractivity contribution is 0.194. The molecular weight excluding hydrogens is 250 g/mol. The second-order valence-electron chi connectivity index (χ2n) is 5.74. The van der Waals surface area contributed by atoms with Gasteiger partial charge in [0.05, 0.1) is 0 Å². The number of hydrogen-bond acceptors (Lipinski definition) is 2. The summed E-state index contributed by atoms with van der Waals surface area (Å²) in [6.45, 7) is 4.92. The maximum atomic E-state index is 12.4. The zero-order valence-electron chi connectivity index (χ0n) is 12.4. The van der Waals surface area contributed by atoms with Gasteiger partial charge in [-0.2, -0.15) is 0 Å². The summed E-state index contributed by atoms with van der Waals surface area (Å²) in [5.74, 6) is 0. The Morgan fingerprint density at radius 1 is 1.40 bits per heavy atom. The van der Waals surface area contributed by atoms with Gasteiger partial charge in [-0.15, -0.1) is 0 Å². The largest absolute Gasteiger partial charge is 0.324 e. The number of amides is 2. The minimum Gasteiger partial charge on any atom is -0.324 e. The smallest absolute Gasteiger partial charge is 0.322 e. The summed E-state index contributed by atoms with van der Waals surface area (Å²) in [5, 5.41) is 3.00. The van der Waals surface area contributed by atoms with Gasteiger partial charge in [-0.25, -0.2) is 4.79 Å². The molecule has 2 amide bonds. The third-order valence-electron chi connectivity index (χ3n) is 3.98. The summed E-state index contributed by atoms with van der Waals surface area (Å²) in [4.78, 5) is 14.3. The van der Waals surface area contributed by atoms with E-state index >= 15 is 0 Å². The molecule has 1 fully saturated rings. The fourth-order valence-corrected chi connectivity index (χ4v) is 2.67. The van der Waals surface area contributed by atoms with Gasteiger partial charge in [-0.3, -0.25) is 0 Å². The molecule has 20 heavy (non-hydrogen) atoms. The lowest BCUT2D eigenvalue weighted by Gasteiger charge is -2.27. The lowest BCUT2D eigenvalue weighted by atomic mass is 10.1. The van der Waals surface area contributed by atoms with Gasteiger partial charge in [0.15, 0.2) is 0 Å². The molecule has 0 spiro atoms. The van der Waals surface area contributed by atoms with Crippen LogP contribution in [0.2, 0.25) is 0 Å². The summed E-state index contributed by atoms with van der Waals surface area (Å²) < 4.78 is 0. The van der Waals surface area contributed by atoms with E-state index in [1.165, 1.54) is 12.8 Å². The fourth-order valence-electron chi connectivity index (χ4n) is 2.67. The first-order valence-corrected chi connectivity index (χ1v) is 7.51. The Morgan fingerprint density at radius 2 is 2.20 bits per heavy atom. The Labute approximate surface area is 121 Å². The van der Waals surface area contributed by atoms with E-state index in [-0.39, 0.29) is 12.1 Å². The van der Waals surface area contributed by atoms with E-state index in [9.17, 15) is 4.79 Å². The highest BCUT2D eigenvalue weighted by Gasteiger charge is 2.21. The van der Waals surface area contributed by atoms with Crippen molar-refractivity contribution in [3.8, 4) is 0 Å². The molecule has 2 rings (SSSR count). The summed E-state index contributed by atoms with van der Waals surface area (Å²) in [6, 6.07) is 8.06. The van der Waals surface area contributed by atoms with Gasteiger partial charge in [0, 0.05) is 24.3 Å². The number of nitrogens with one attached hydrogen (secondary N) is 1. The highest BCUT2D eigenvalue weighted by molar-refractivity contribution is 5.89. The van der Waals surface area contributed by atoms with Crippen LogP contribution in [0.25, 0.3) is 0 Å². The van der Waals surface area contributed by atoms with E-state index in [0.29, 0.717) is 6.04 Å². The molecule has 1 aromatic rings. The second-order valence-corrected chi connectivity index (χ2v) is 5.74. The first-order valence-electron chi connectivity index (χ1n) is 7.51. The lowest BCUT2D eigenvalue weighted by Crippen LogP contribution is -2.41. The van der Waals surface area contributed by atoms with E-state index < -0.39 is 0 Å². The Balaban J connectivity index is 2.04. The molecule has 4 heteroatoms. The first kappa shape index (κ1) is 14.9. The van der Waals surface area contributed by atoms with Gasteiger partial charge in [-0.05, 0) is 44.4 Å². The Kier molecular flexibility index (Phi) is 5.01. The molecule has 4 nitrogen and oxygen atoms in total. The molecule has 1 heterocycles. The van der Waals surface area contributed by atoms with Gasteiger partial charge in [0.2, 0.25) is 0 Å². The predicted octanol–water partition coefficient (Wildman–Crippen LogP) is 3.50. The van der Waals surface area contributed by atoms with Crippen LogP contribution in [0.3, 0.4) is 0 Å². The minimum absolute atomic E-state index is 0.00113. The Hall–Kier alpha value is -1.55. The van der Waals surface area contributed by atoms with Crippen molar-refractivity contribution in [2.45, 2.75) is 51.6 Å². The monoisotopic (exact) mass is 275 g/mol. The molecule has 1 aliphatic rings. The van der Waals surface area contributed by atoms with Crippen LogP contribution < -0.4 is 11.1 Å². The minimum atomic E-state index is -0.0241. The van der Waals surface area contributed by atoms with Gasteiger partial charge >= 0.3 is 6.03 Å². The zero-order valence-corrected chi connectivity index (χ0v) is 12.4. The molecule has 2 unspecified atom stereocenters. The first-order chi connectivity index (χ1) is 9.58. The van der Waals surface area contributed by atoms with Crippen LogP contribution in [0.4, 0.5) is 10.5 Å². The fraction of sp³-hybridized carbons (Fsp3) is 0.562. The molecule has 1 saturated heterocycles. The van der Waals surface area contributed by atoms with Crippen LogP contribution >= 0.6 is 0 Å². The van der Waals surface area contributed by atoms with Crippen molar-refractivity contribution >= 4 is 11.7 Å². The molecule has 0 aromatic heterocycles. The van der Waals surface area contributed by atoms with Crippen molar-refractivity contribution in [1.29, 1.82) is 0 Å². The number of hydrogen-bond donors (Lipinski definition) is 2. The highest BCUT2D eigenvalue weighted by Crippen LogP contribution is 2.19. The zero-order chi connectivity index (χ0) is 14.5.